The Hall–Kier alpha value is -3.42. The fourth-order valence-corrected chi connectivity index (χ4v) is 3.17. The zero-order chi connectivity index (χ0) is 19.2. The minimum absolute atomic E-state index is 0.259. The highest BCUT2D eigenvalue weighted by Crippen LogP contribution is 2.21. The molecule has 28 heavy (non-hydrogen) atoms. The Bertz CT molecular complexity index is 921. The molecule has 3 heterocycles. The Morgan fingerprint density at radius 1 is 1.11 bits per heavy atom. The predicted octanol–water partition coefficient (Wildman–Crippen LogP) is 2.57. The van der Waals surface area contributed by atoms with Crippen LogP contribution in [0.1, 0.15) is 23.3 Å². The minimum atomic E-state index is -0.273. The summed E-state index contributed by atoms with van der Waals surface area (Å²) in [5.74, 6) is 0.994. The number of carbonyl (C=O) groups is 1. The second kappa shape index (κ2) is 8.51. The van der Waals surface area contributed by atoms with Gasteiger partial charge >= 0.3 is 0 Å². The molecule has 1 amide bonds. The van der Waals surface area contributed by atoms with Crippen molar-refractivity contribution in [2.75, 3.05) is 36.4 Å². The molecule has 1 saturated heterocycles. The first-order chi connectivity index (χ1) is 13.8. The molecule has 3 aromatic rings. The average Bonchev–Trinajstić information content (AvgIpc) is 3.44. The van der Waals surface area contributed by atoms with E-state index in [4.69, 9.17) is 4.52 Å². The number of hydrogen-bond acceptors (Lipinski definition) is 7. The summed E-state index contributed by atoms with van der Waals surface area (Å²) < 4.78 is 5.26. The van der Waals surface area contributed by atoms with Gasteiger partial charge in [-0.05, 0) is 12.8 Å². The molecule has 1 aliphatic heterocycles. The topological polar surface area (TPSA) is 96.2 Å². The van der Waals surface area contributed by atoms with Crippen LogP contribution in [0.5, 0.6) is 0 Å². The zero-order valence-electron chi connectivity index (χ0n) is 15.5. The molecular formula is C20H22N6O2. The number of nitrogens with zero attached hydrogens (tertiary/aromatic N) is 4. The highest BCUT2D eigenvalue weighted by molar-refractivity contribution is 5.93. The maximum absolute atomic E-state index is 12.2. The monoisotopic (exact) mass is 378 g/mol. The van der Waals surface area contributed by atoms with Gasteiger partial charge in [-0.15, -0.1) is 5.10 Å². The van der Waals surface area contributed by atoms with Gasteiger partial charge in [-0.1, -0.05) is 35.5 Å². The molecule has 1 fully saturated rings. The van der Waals surface area contributed by atoms with E-state index in [-0.39, 0.29) is 11.6 Å². The fraction of sp³-hybridized carbons (Fsp3) is 0.300. The lowest BCUT2D eigenvalue weighted by molar-refractivity contribution is 0.0946. The van der Waals surface area contributed by atoms with Gasteiger partial charge in [0.25, 0.3) is 5.91 Å². The van der Waals surface area contributed by atoms with Gasteiger partial charge in [0.1, 0.15) is 0 Å². The van der Waals surface area contributed by atoms with Crippen molar-refractivity contribution in [3.8, 4) is 11.3 Å². The van der Waals surface area contributed by atoms with Crippen molar-refractivity contribution in [1.82, 2.24) is 20.7 Å². The molecule has 0 saturated carbocycles. The molecule has 4 rings (SSSR count). The molecule has 2 aromatic heterocycles. The van der Waals surface area contributed by atoms with Crippen molar-refractivity contribution in [2.45, 2.75) is 12.8 Å². The number of hydrogen-bond donors (Lipinski definition) is 2. The fourth-order valence-electron chi connectivity index (χ4n) is 3.17. The minimum Gasteiger partial charge on any atom is -0.370 e. The van der Waals surface area contributed by atoms with Gasteiger partial charge < -0.3 is 20.1 Å². The zero-order valence-corrected chi connectivity index (χ0v) is 15.5. The highest BCUT2D eigenvalue weighted by Gasteiger charge is 2.14. The summed E-state index contributed by atoms with van der Waals surface area (Å²) in [7, 11) is 0. The van der Waals surface area contributed by atoms with Crippen molar-refractivity contribution in [2.24, 2.45) is 0 Å². The van der Waals surface area contributed by atoms with E-state index in [2.05, 4.69) is 30.9 Å². The lowest BCUT2D eigenvalue weighted by Crippen LogP contribution is -2.29. The normalized spacial score (nSPS) is 13.5. The highest BCUT2D eigenvalue weighted by atomic mass is 16.5. The third-order valence-electron chi connectivity index (χ3n) is 4.63. The summed E-state index contributed by atoms with van der Waals surface area (Å²) in [4.78, 5) is 14.5. The first-order valence-electron chi connectivity index (χ1n) is 9.41. The van der Waals surface area contributed by atoms with Crippen LogP contribution in [-0.2, 0) is 0 Å². The average molecular weight is 378 g/mol. The summed E-state index contributed by atoms with van der Waals surface area (Å²) in [6.45, 7) is 3.09. The quantitative estimate of drug-likeness (QED) is 0.610. The Morgan fingerprint density at radius 3 is 2.75 bits per heavy atom. The largest absolute Gasteiger partial charge is 0.370 e. The summed E-state index contributed by atoms with van der Waals surface area (Å²) in [6, 6.07) is 13.2. The molecule has 0 bridgehead atoms. The van der Waals surface area contributed by atoms with Gasteiger partial charge in [-0.2, -0.15) is 5.10 Å². The molecule has 1 aromatic carbocycles. The number of benzene rings is 1. The van der Waals surface area contributed by atoms with E-state index in [1.54, 1.807) is 12.3 Å². The lowest BCUT2D eigenvalue weighted by atomic mass is 10.1. The van der Waals surface area contributed by atoms with Crippen molar-refractivity contribution in [3.63, 3.8) is 0 Å². The van der Waals surface area contributed by atoms with Gasteiger partial charge in [0.05, 0.1) is 11.9 Å². The van der Waals surface area contributed by atoms with E-state index in [1.165, 1.54) is 12.8 Å². The van der Waals surface area contributed by atoms with Crippen LogP contribution in [0.25, 0.3) is 11.3 Å². The number of amides is 1. The summed E-state index contributed by atoms with van der Waals surface area (Å²) in [5, 5.41) is 18.0. The smallest absolute Gasteiger partial charge is 0.273 e. The molecule has 0 aliphatic carbocycles. The van der Waals surface area contributed by atoms with E-state index >= 15 is 0 Å². The van der Waals surface area contributed by atoms with Crippen LogP contribution in [0.2, 0.25) is 0 Å². The first-order valence-corrected chi connectivity index (χ1v) is 9.41. The Morgan fingerprint density at radius 2 is 1.93 bits per heavy atom. The molecule has 0 spiro atoms. The van der Waals surface area contributed by atoms with Gasteiger partial charge in [0.15, 0.2) is 17.3 Å². The number of anilines is 2. The van der Waals surface area contributed by atoms with E-state index in [1.807, 2.05) is 36.4 Å². The van der Waals surface area contributed by atoms with E-state index in [9.17, 15) is 4.79 Å². The van der Waals surface area contributed by atoms with Gasteiger partial charge in [-0.25, -0.2) is 0 Å². The summed E-state index contributed by atoms with van der Waals surface area (Å²) in [5.41, 5.74) is 2.22. The van der Waals surface area contributed by atoms with Crippen LogP contribution in [-0.4, -0.2) is 47.4 Å². The van der Waals surface area contributed by atoms with Gasteiger partial charge in [-0.3, -0.25) is 4.79 Å². The Kier molecular flexibility index (Phi) is 5.46. The SMILES string of the molecule is O=C(NCCNc1cc(N2CCCC2)cnn1)c1cc(-c2ccccc2)on1. The van der Waals surface area contributed by atoms with E-state index in [0.717, 1.165) is 24.3 Å². The second-order valence-electron chi connectivity index (χ2n) is 6.62. The van der Waals surface area contributed by atoms with Gasteiger partial charge in [0, 0.05) is 43.9 Å². The number of rotatable bonds is 7. The Labute approximate surface area is 162 Å². The molecule has 2 N–H and O–H groups in total. The number of carbonyl (C=O) groups excluding carboxylic acids is 1. The van der Waals surface area contributed by atoms with Crippen molar-refractivity contribution < 1.29 is 9.32 Å². The molecule has 144 valence electrons. The first kappa shape index (κ1) is 18.0. The molecule has 8 nitrogen and oxygen atoms in total. The lowest BCUT2D eigenvalue weighted by Gasteiger charge is -2.17. The van der Waals surface area contributed by atoms with Crippen LogP contribution in [0, 0.1) is 0 Å². The van der Waals surface area contributed by atoms with E-state index in [0.29, 0.717) is 24.7 Å². The van der Waals surface area contributed by atoms with Crippen LogP contribution in [0.15, 0.2) is 53.2 Å². The van der Waals surface area contributed by atoms with Gasteiger partial charge in [0.2, 0.25) is 0 Å². The molecule has 1 aliphatic rings. The Balaban J connectivity index is 1.26. The summed E-state index contributed by atoms with van der Waals surface area (Å²) >= 11 is 0. The second-order valence-corrected chi connectivity index (χ2v) is 6.62. The third-order valence-corrected chi connectivity index (χ3v) is 4.63. The molecule has 0 radical (unpaired) electrons. The molecule has 0 atom stereocenters. The van der Waals surface area contributed by atoms with Crippen molar-refractivity contribution in [1.29, 1.82) is 0 Å². The van der Waals surface area contributed by atoms with Crippen molar-refractivity contribution in [3.05, 3.63) is 54.4 Å². The van der Waals surface area contributed by atoms with Crippen LogP contribution in [0.3, 0.4) is 0 Å². The standard InChI is InChI=1S/C20H22N6O2/c27-20(17-13-18(28-25-17)15-6-2-1-3-7-15)22-9-8-21-19-12-16(14-23-24-19)26-10-4-5-11-26/h1-3,6-7,12-14H,4-5,8-11H2,(H,21,24)(H,22,27). The third kappa shape index (κ3) is 4.28. The van der Waals surface area contributed by atoms with E-state index < -0.39 is 0 Å². The van der Waals surface area contributed by atoms with Crippen molar-refractivity contribution >= 4 is 17.4 Å². The van der Waals surface area contributed by atoms with Crippen LogP contribution >= 0.6 is 0 Å². The maximum Gasteiger partial charge on any atom is 0.273 e. The summed E-state index contributed by atoms with van der Waals surface area (Å²) in [6.07, 6.45) is 4.21. The molecule has 0 unspecified atom stereocenters. The number of nitrogens with one attached hydrogen (secondary N) is 2. The molecule has 8 heteroatoms. The van der Waals surface area contributed by atoms with Crippen LogP contribution in [0.4, 0.5) is 11.5 Å². The number of aromatic nitrogens is 3. The predicted molar refractivity (Wildman–Crippen MR) is 106 cm³/mol. The molecular weight excluding hydrogens is 356 g/mol. The van der Waals surface area contributed by atoms with Crippen LogP contribution < -0.4 is 15.5 Å². The maximum atomic E-state index is 12.2.